The van der Waals surface area contributed by atoms with Crippen LogP contribution in [0.5, 0.6) is 0 Å². The van der Waals surface area contributed by atoms with Gasteiger partial charge in [0.1, 0.15) is 0 Å². The highest BCUT2D eigenvalue weighted by Gasteiger charge is 2.26. The monoisotopic (exact) mass is 234 g/mol. The average molecular weight is 234 g/mol. The van der Waals surface area contributed by atoms with Crippen LogP contribution in [0, 0.1) is 11.8 Å². The smallest absolute Gasteiger partial charge is 0.324 e. The van der Waals surface area contributed by atoms with Crippen LogP contribution >= 0.6 is 7.60 Å². The molecule has 0 aromatic heterocycles. The normalized spacial score (nSPS) is 17.8. The minimum absolute atomic E-state index is 0.0221. The second kappa shape index (κ2) is 6.47. The summed E-state index contributed by atoms with van der Waals surface area (Å²) in [7, 11) is -3.48. The first kappa shape index (κ1) is 14.9. The molecule has 0 spiro atoms. The minimum Gasteiger partial charge on any atom is -0.324 e. The van der Waals surface area contributed by atoms with E-state index in [1.165, 1.54) is 6.08 Å². The molecule has 3 nitrogen and oxygen atoms in total. The Morgan fingerprint density at radius 2 is 1.93 bits per heavy atom. The van der Waals surface area contributed by atoms with Crippen molar-refractivity contribution >= 4 is 7.60 Å². The van der Waals surface area contributed by atoms with Gasteiger partial charge in [0.05, 0.1) is 12.3 Å². The molecule has 0 amide bonds. The van der Waals surface area contributed by atoms with Gasteiger partial charge in [-0.15, -0.1) is 6.58 Å². The SMILES string of the molecule is C=CCP(=O)(O)OC(CC(C)C)C(C)C. The van der Waals surface area contributed by atoms with E-state index in [-0.39, 0.29) is 18.2 Å². The van der Waals surface area contributed by atoms with Crippen LogP contribution in [0.1, 0.15) is 34.1 Å². The van der Waals surface area contributed by atoms with Crippen LogP contribution in [-0.4, -0.2) is 17.2 Å². The Morgan fingerprint density at radius 3 is 2.27 bits per heavy atom. The first-order valence-corrected chi connectivity index (χ1v) is 7.16. The zero-order valence-electron chi connectivity index (χ0n) is 10.1. The molecule has 0 radical (unpaired) electrons. The number of rotatable bonds is 7. The Balaban J connectivity index is 4.40. The lowest BCUT2D eigenvalue weighted by Gasteiger charge is -2.25. The molecule has 0 rings (SSSR count). The summed E-state index contributed by atoms with van der Waals surface area (Å²) in [5.74, 6) is 0.707. The first-order valence-electron chi connectivity index (χ1n) is 5.39. The molecule has 2 atom stereocenters. The lowest BCUT2D eigenvalue weighted by Crippen LogP contribution is -2.21. The summed E-state index contributed by atoms with van der Waals surface area (Å²) in [5.41, 5.74) is 0. The van der Waals surface area contributed by atoms with E-state index < -0.39 is 7.60 Å². The van der Waals surface area contributed by atoms with Crippen LogP contribution in [0.3, 0.4) is 0 Å². The van der Waals surface area contributed by atoms with Gasteiger partial charge in [-0.3, -0.25) is 4.57 Å². The molecule has 1 N–H and O–H groups in total. The highest BCUT2D eigenvalue weighted by molar-refractivity contribution is 7.53. The van der Waals surface area contributed by atoms with Gasteiger partial charge in [0.15, 0.2) is 0 Å². The maximum atomic E-state index is 11.6. The Labute approximate surface area is 93.1 Å². The Hall–Kier alpha value is -0.110. The van der Waals surface area contributed by atoms with Crippen molar-refractivity contribution in [2.24, 2.45) is 11.8 Å². The van der Waals surface area contributed by atoms with Crippen molar-refractivity contribution in [2.45, 2.75) is 40.2 Å². The molecule has 0 heterocycles. The fraction of sp³-hybridized carbons (Fsp3) is 0.818. The van der Waals surface area contributed by atoms with E-state index in [1.807, 2.05) is 13.8 Å². The van der Waals surface area contributed by atoms with Crippen molar-refractivity contribution in [1.82, 2.24) is 0 Å². The van der Waals surface area contributed by atoms with Gasteiger partial charge in [-0.25, -0.2) is 0 Å². The van der Waals surface area contributed by atoms with E-state index in [4.69, 9.17) is 4.52 Å². The van der Waals surface area contributed by atoms with Gasteiger partial charge in [0, 0.05) is 0 Å². The summed E-state index contributed by atoms with van der Waals surface area (Å²) in [6.45, 7) is 11.6. The molecule has 15 heavy (non-hydrogen) atoms. The summed E-state index contributed by atoms with van der Waals surface area (Å²) in [4.78, 5) is 9.51. The molecule has 0 saturated heterocycles. The first-order chi connectivity index (χ1) is 6.78. The molecule has 0 aromatic rings. The maximum absolute atomic E-state index is 11.6. The van der Waals surface area contributed by atoms with Crippen LogP contribution in [0.25, 0.3) is 0 Å². The summed E-state index contributed by atoms with van der Waals surface area (Å²) in [6, 6.07) is 0. The van der Waals surface area contributed by atoms with E-state index >= 15 is 0 Å². The third kappa shape index (κ3) is 6.88. The number of hydrogen-bond acceptors (Lipinski definition) is 2. The number of hydrogen-bond donors (Lipinski definition) is 1. The molecule has 90 valence electrons. The third-order valence-corrected chi connectivity index (χ3v) is 3.43. The van der Waals surface area contributed by atoms with Crippen LogP contribution in [0.4, 0.5) is 0 Å². The lowest BCUT2D eigenvalue weighted by molar-refractivity contribution is 0.112. The zero-order valence-corrected chi connectivity index (χ0v) is 11.0. The molecule has 0 aliphatic heterocycles. The lowest BCUT2D eigenvalue weighted by atomic mass is 9.98. The predicted octanol–water partition coefficient (Wildman–Crippen LogP) is 3.45. The van der Waals surface area contributed by atoms with Gasteiger partial charge in [-0.05, 0) is 18.3 Å². The predicted molar refractivity (Wildman–Crippen MR) is 64.1 cm³/mol. The van der Waals surface area contributed by atoms with Crippen LogP contribution < -0.4 is 0 Å². The number of allylic oxidation sites excluding steroid dienone is 1. The zero-order chi connectivity index (χ0) is 12.1. The second-order valence-corrected chi connectivity index (χ2v) is 6.48. The van der Waals surface area contributed by atoms with E-state index in [2.05, 4.69) is 20.4 Å². The van der Waals surface area contributed by atoms with Crippen molar-refractivity contribution in [3.05, 3.63) is 12.7 Å². The van der Waals surface area contributed by atoms with E-state index in [9.17, 15) is 9.46 Å². The summed E-state index contributed by atoms with van der Waals surface area (Å²) in [6.07, 6.45) is 2.10. The Bertz CT molecular complexity index is 236. The van der Waals surface area contributed by atoms with Gasteiger partial charge in [-0.2, -0.15) is 0 Å². The minimum atomic E-state index is -3.48. The molecule has 0 bridgehead atoms. The quantitative estimate of drug-likeness (QED) is 0.542. The summed E-state index contributed by atoms with van der Waals surface area (Å²) in [5, 5.41) is 0. The van der Waals surface area contributed by atoms with Gasteiger partial charge in [-0.1, -0.05) is 33.8 Å². The molecular weight excluding hydrogens is 211 g/mol. The third-order valence-electron chi connectivity index (χ3n) is 2.11. The highest BCUT2D eigenvalue weighted by atomic mass is 31.2. The molecule has 0 aromatic carbocycles. The second-order valence-electron chi connectivity index (χ2n) is 4.63. The fourth-order valence-corrected chi connectivity index (χ4v) is 2.48. The molecule has 0 aliphatic carbocycles. The van der Waals surface area contributed by atoms with Gasteiger partial charge in [0.2, 0.25) is 0 Å². The molecule has 0 fully saturated rings. The highest BCUT2D eigenvalue weighted by Crippen LogP contribution is 2.45. The van der Waals surface area contributed by atoms with Crippen molar-refractivity contribution in [1.29, 1.82) is 0 Å². The fourth-order valence-electron chi connectivity index (χ4n) is 1.32. The molecule has 2 unspecified atom stereocenters. The standard InChI is InChI=1S/C11H23O3P/c1-6-7-15(12,13)14-11(10(4)5)8-9(2)3/h6,9-11H,1,7-8H2,2-5H3,(H,12,13). The van der Waals surface area contributed by atoms with Crippen molar-refractivity contribution in [3.63, 3.8) is 0 Å². The Morgan fingerprint density at radius 1 is 1.40 bits per heavy atom. The molecule has 0 aliphatic rings. The van der Waals surface area contributed by atoms with E-state index in [0.717, 1.165) is 6.42 Å². The van der Waals surface area contributed by atoms with Gasteiger partial charge in [0.25, 0.3) is 0 Å². The van der Waals surface area contributed by atoms with E-state index in [1.54, 1.807) is 0 Å². The topological polar surface area (TPSA) is 46.5 Å². The van der Waals surface area contributed by atoms with Crippen molar-refractivity contribution in [2.75, 3.05) is 6.16 Å². The molecular formula is C11H23O3P. The van der Waals surface area contributed by atoms with Crippen LogP contribution in [0.2, 0.25) is 0 Å². The molecule has 0 saturated carbocycles. The van der Waals surface area contributed by atoms with Gasteiger partial charge >= 0.3 is 7.60 Å². The van der Waals surface area contributed by atoms with Crippen molar-refractivity contribution < 1.29 is 14.0 Å². The van der Waals surface area contributed by atoms with Crippen LogP contribution in [-0.2, 0) is 9.09 Å². The Kier molecular flexibility index (Phi) is 6.42. The molecule has 4 heteroatoms. The van der Waals surface area contributed by atoms with E-state index in [0.29, 0.717) is 5.92 Å². The summed E-state index contributed by atoms with van der Waals surface area (Å²) >= 11 is 0. The van der Waals surface area contributed by atoms with Crippen molar-refractivity contribution in [3.8, 4) is 0 Å². The maximum Gasteiger partial charge on any atom is 0.332 e. The average Bonchev–Trinajstić information content (AvgIpc) is 2.00. The summed E-state index contributed by atoms with van der Waals surface area (Å²) < 4.78 is 16.9. The van der Waals surface area contributed by atoms with Gasteiger partial charge < -0.3 is 9.42 Å². The largest absolute Gasteiger partial charge is 0.332 e. The van der Waals surface area contributed by atoms with Crippen LogP contribution in [0.15, 0.2) is 12.7 Å².